The molecule has 0 radical (unpaired) electrons. The summed E-state index contributed by atoms with van der Waals surface area (Å²) in [6.45, 7) is 4.33. The molecular weight excluding hydrogens is 314 g/mol. The van der Waals surface area contributed by atoms with Crippen LogP contribution in [-0.4, -0.2) is 27.9 Å². The van der Waals surface area contributed by atoms with Crippen molar-refractivity contribution in [3.8, 4) is 0 Å². The highest BCUT2D eigenvalue weighted by atomic mass is 79.9. The minimum Gasteiger partial charge on any atom is -0.460 e. The molecule has 3 nitrogen and oxygen atoms in total. The molecule has 0 spiro atoms. The van der Waals surface area contributed by atoms with Crippen LogP contribution in [0.1, 0.15) is 26.7 Å². The fourth-order valence-corrected chi connectivity index (χ4v) is 2.17. The van der Waals surface area contributed by atoms with Crippen LogP contribution >= 0.6 is 31.9 Å². The average molecular weight is 330 g/mol. The Morgan fingerprint density at radius 2 is 1.86 bits per heavy atom. The van der Waals surface area contributed by atoms with Gasteiger partial charge >= 0.3 is 5.97 Å². The number of carbonyl (C=O) groups excluding carboxylic acids is 1. The largest absolute Gasteiger partial charge is 0.460 e. The predicted octanol–water partition coefficient (Wildman–Crippen LogP) is 1.15. The summed E-state index contributed by atoms with van der Waals surface area (Å²) in [5.74, 6) is -0.226. The molecule has 0 aliphatic carbocycles. The lowest BCUT2D eigenvalue weighted by Crippen LogP contribution is -2.96. The zero-order valence-corrected chi connectivity index (χ0v) is 11.5. The van der Waals surface area contributed by atoms with Gasteiger partial charge in [-0.15, -0.1) is 0 Å². The van der Waals surface area contributed by atoms with E-state index in [0.717, 1.165) is 12.8 Å². The van der Waals surface area contributed by atoms with Gasteiger partial charge in [0.1, 0.15) is 6.10 Å². The van der Waals surface area contributed by atoms with E-state index >= 15 is 0 Å². The van der Waals surface area contributed by atoms with Gasteiger partial charge in [-0.05, 0) is 13.8 Å². The van der Waals surface area contributed by atoms with Crippen LogP contribution in [0.3, 0.4) is 0 Å². The normalized spacial score (nSPS) is 33.1. The quantitative estimate of drug-likeness (QED) is 0.610. The minimum absolute atomic E-state index is 0.0788. The number of rotatable bonds is 2. The third kappa shape index (κ3) is 3.87. The molecule has 0 saturated carbocycles. The molecule has 2 atom stereocenters. The van der Waals surface area contributed by atoms with Gasteiger partial charge in [0.25, 0.3) is 0 Å². The van der Waals surface area contributed by atoms with E-state index in [1.165, 1.54) is 0 Å². The summed E-state index contributed by atoms with van der Waals surface area (Å²) in [5, 5.41) is 2.32. The molecule has 1 heterocycles. The van der Waals surface area contributed by atoms with Gasteiger partial charge in [-0.25, -0.2) is 4.79 Å². The summed E-state index contributed by atoms with van der Waals surface area (Å²) in [5.41, 5.74) is 0. The lowest BCUT2D eigenvalue weighted by Gasteiger charge is -2.29. The van der Waals surface area contributed by atoms with Crippen LogP contribution in [-0.2, 0) is 9.53 Å². The molecule has 0 aromatic rings. The van der Waals surface area contributed by atoms with E-state index in [0.29, 0.717) is 12.1 Å². The number of quaternary nitrogens is 1. The van der Waals surface area contributed by atoms with Crippen molar-refractivity contribution in [3.63, 3.8) is 0 Å². The van der Waals surface area contributed by atoms with E-state index in [-0.39, 0.29) is 15.8 Å². The highest BCUT2D eigenvalue weighted by Crippen LogP contribution is 2.16. The Kier molecular flexibility index (Phi) is 4.87. The summed E-state index contributed by atoms with van der Waals surface area (Å²) in [7, 11) is 0. The molecule has 1 rings (SSSR count). The third-order valence-corrected chi connectivity index (χ3v) is 3.14. The van der Waals surface area contributed by atoms with E-state index in [1.54, 1.807) is 0 Å². The summed E-state index contributed by atoms with van der Waals surface area (Å²) >= 11 is 6.26. The SMILES string of the molecule is CC1CC(OC(=O)C(Br)Br)CC(C)[NH2+]1. The van der Waals surface area contributed by atoms with E-state index < -0.39 is 0 Å². The Bertz CT molecular complexity index is 201. The number of hydrogen-bond donors (Lipinski definition) is 1. The topological polar surface area (TPSA) is 42.9 Å². The molecule has 5 heteroatoms. The van der Waals surface area contributed by atoms with Crippen molar-refractivity contribution in [3.05, 3.63) is 0 Å². The van der Waals surface area contributed by atoms with Crippen molar-refractivity contribution in [1.29, 1.82) is 0 Å². The zero-order chi connectivity index (χ0) is 10.7. The molecule has 2 N–H and O–H groups in total. The molecule has 0 aromatic heterocycles. The Hall–Kier alpha value is 0.390. The first kappa shape index (κ1) is 12.5. The van der Waals surface area contributed by atoms with Gasteiger partial charge in [-0.2, -0.15) is 0 Å². The fourth-order valence-electron chi connectivity index (χ4n) is 1.96. The number of carbonyl (C=O) groups is 1. The molecule has 14 heavy (non-hydrogen) atoms. The van der Waals surface area contributed by atoms with Crippen molar-refractivity contribution >= 4 is 37.8 Å². The van der Waals surface area contributed by atoms with Gasteiger partial charge in [0.15, 0.2) is 3.74 Å². The monoisotopic (exact) mass is 328 g/mol. The molecule has 1 aliphatic rings. The number of nitrogens with two attached hydrogens (primary N) is 1. The van der Waals surface area contributed by atoms with Gasteiger partial charge in [0, 0.05) is 12.8 Å². The third-order valence-electron chi connectivity index (χ3n) is 2.39. The second-order valence-electron chi connectivity index (χ2n) is 3.98. The summed E-state index contributed by atoms with van der Waals surface area (Å²) in [6, 6.07) is 1.08. The fraction of sp³-hybridized carbons (Fsp3) is 0.889. The maximum atomic E-state index is 11.3. The summed E-state index contributed by atoms with van der Waals surface area (Å²) in [4.78, 5) is 11.3. The molecule has 1 fully saturated rings. The number of ether oxygens (including phenoxy) is 1. The van der Waals surface area contributed by atoms with Crippen LogP contribution in [0.5, 0.6) is 0 Å². The van der Waals surface area contributed by atoms with E-state index in [4.69, 9.17) is 4.74 Å². The summed E-state index contributed by atoms with van der Waals surface area (Å²) in [6.07, 6.45) is 1.97. The van der Waals surface area contributed by atoms with Gasteiger partial charge < -0.3 is 10.1 Å². The molecule has 1 aliphatic heterocycles. The Balaban J connectivity index is 2.40. The number of esters is 1. The highest BCUT2D eigenvalue weighted by Gasteiger charge is 2.30. The Morgan fingerprint density at radius 3 is 2.29 bits per heavy atom. The van der Waals surface area contributed by atoms with Crippen LogP contribution in [0.25, 0.3) is 0 Å². The Labute approximate surface area is 101 Å². The smallest absolute Gasteiger partial charge is 0.330 e. The van der Waals surface area contributed by atoms with E-state index in [9.17, 15) is 4.79 Å². The van der Waals surface area contributed by atoms with Crippen molar-refractivity contribution in [2.75, 3.05) is 0 Å². The highest BCUT2D eigenvalue weighted by molar-refractivity contribution is 9.25. The van der Waals surface area contributed by atoms with E-state index in [2.05, 4.69) is 51.0 Å². The second-order valence-corrected chi connectivity index (χ2v) is 7.04. The lowest BCUT2D eigenvalue weighted by molar-refractivity contribution is -0.726. The van der Waals surface area contributed by atoms with E-state index in [1.807, 2.05) is 0 Å². The van der Waals surface area contributed by atoms with Crippen LogP contribution in [0.2, 0.25) is 0 Å². The number of alkyl halides is 2. The van der Waals surface area contributed by atoms with Gasteiger partial charge in [-0.1, -0.05) is 31.9 Å². The number of hydrogen-bond acceptors (Lipinski definition) is 2. The van der Waals surface area contributed by atoms with Gasteiger partial charge in [-0.3, -0.25) is 0 Å². The van der Waals surface area contributed by atoms with Crippen molar-refractivity contribution in [1.82, 2.24) is 0 Å². The molecule has 1 saturated heterocycles. The summed E-state index contributed by atoms with van der Waals surface area (Å²) < 4.78 is 4.96. The van der Waals surface area contributed by atoms with Crippen molar-refractivity contribution < 1.29 is 14.8 Å². The first-order chi connectivity index (χ1) is 6.49. The molecule has 0 aromatic carbocycles. The second kappa shape index (κ2) is 5.47. The molecule has 0 amide bonds. The van der Waals surface area contributed by atoms with Crippen LogP contribution in [0.15, 0.2) is 0 Å². The van der Waals surface area contributed by atoms with Crippen molar-refractivity contribution in [2.24, 2.45) is 0 Å². The molecule has 2 unspecified atom stereocenters. The first-order valence-corrected chi connectivity index (χ1v) is 6.65. The minimum atomic E-state index is -0.383. The lowest BCUT2D eigenvalue weighted by atomic mass is 9.98. The molecular formula is C9H16Br2NO2+. The maximum Gasteiger partial charge on any atom is 0.330 e. The first-order valence-electron chi connectivity index (χ1n) is 4.82. The maximum absolute atomic E-state index is 11.3. The Morgan fingerprint density at radius 1 is 1.36 bits per heavy atom. The van der Waals surface area contributed by atoms with Crippen LogP contribution < -0.4 is 5.32 Å². The molecule has 82 valence electrons. The van der Waals surface area contributed by atoms with Crippen LogP contribution in [0, 0.1) is 0 Å². The number of piperidine rings is 1. The van der Waals surface area contributed by atoms with Crippen molar-refractivity contribution in [2.45, 2.75) is 48.6 Å². The average Bonchev–Trinajstić information content (AvgIpc) is 2.01. The standard InChI is InChI=1S/C9H15Br2NO2/c1-5-3-7(4-6(2)12-5)14-9(13)8(10)11/h5-8,12H,3-4H2,1-2H3/p+1. The van der Waals surface area contributed by atoms with Gasteiger partial charge in [0.2, 0.25) is 0 Å². The zero-order valence-electron chi connectivity index (χ0n) is 8.37. The molecule has 0 bridgehead atoms. The van der Waals surface area contributed by atoms with Crippen LogP contribution in [0.4, 0.5) is 0 Å². The predicted molar refractivity (Wildman–Crippen MR) is 61.6 cm³/mol. The van der Waals surface area contributed by atoms with Gasteiger partial charge in [0.05, 0.1) is 12.1 Å². The number of halogens is 2.